The van der Waals surface area contributed by atoms with Crippen molar-refractivity contribution in [3.05, 3.63) is 36.4 Å². The van der Waals surface area contributed by atoms with E-state index < -0.39 is 21.4 Å². The van der Waals surface area contributed by atoms with E-state index >= 15 is 0 Å². The van der Waals surface area contributed by atoms with E-state index in [4.69, 9.17) is 5.73 Å². The molecule has 0 aliphatic heterocycles. The standard InChI is InChI=1S/C11H8F3NO3S/c12-11(13,14)19(16,17)18-8-4-5-9-7(6-8)2-1-3-10(9)15/h1-6H,15H2. The first-order valence-electron chi connectivity index (χ1n) is 5.00. The molecular formula is C11H8F3NO3S. The van der Waals surface area contributed by atoms with Crippen molar-refractivity contribution in [2.24, 2.45) is 0 Å². The van der Waals surface area contributed by atoms with Crippen LogP contribution >= 0.6 is 0 Å². The number of hydrogen-bond acceptors (Lipinski definition) is 4. The lowest BCUT2D eigenvalue weighted by molar-refractivity contribution is -0.0500. The second-order valence-electron chi connectivity index (χ2n) is 3.71. The highest BCUT2D eigenvalue weighted by molar-refractivity contribution is 7.88. The van der Waals surface area contributed by atoms with Gasteiger partial charge in [-0.3, -0.25) is 0 Å². The van der Waals surface area contributed by atoms with Crippen molar-refractivity contribution < 1.29 is 25.8 Å². The number of alkyl halides is 3. The molecule has 0 bridgehead atoms. The van der Waals surface area contributed by atoms with Gasteiger partial charge in [0.25, 0.3) is 0 Å². The van der Waals surface area contributed by atoms with Gasteiger partial charge in [-0.25, -0.2) is 0 Å². The Balaban J connectivity index is 2.44. The molecule has 2 rings (SSSR count). The highest BCUT2D eigenvalue weighted by Gasteiger charge is 2.48. The summed E-state index contributed by atoms with van der Waals surface area (Å²) in [4.78, 5) is 0. The lowest BCUT2D eigenvalue weighted by atomic mass is 10.1. The van der Waals surface area contributed by atoms with Crippen LogP contribution in [0.2, 0.25) is 0 Å². The Hall–Kier alpha value is -1.96. The fourth-order valence-electron chi connectivity index (χ4n) is 1.51. The van der Waals surface area contributed by atoms with Gasteiger partial charge in [0.15, 0.2) is 0 Å². The van der Waals surface area contributed by atoms with Crippen LogP contribution in [-0.2, 0) is 10.1 Å². The second kappa shape index (κ2) is 4.30. The van der Waals surface area contributed by atoms with E-state index in [0.29, 0.717) is 16.5 Å². The van der Waals surface area contributed by atoms with Crippen LogP contribution in [0.4, 0.5) is 18.9 Å². The Labute approximate surface area is 106 Å². The average Bonchev–Trinajstić information content (AvgIpc) is 2.27. The molecule has 2 aromatic carbocycles. The summed E-state index contributed by atoms with van der Waals surface area (Å²) in [5.74, 6) is -0.421. The van der Waals surface area contributed by atoms with Crippen molar-refractivity contribution in [2.45, 2.75) is 5.51 Å². The largest absolute Gasteiger partial charge is 0.534 e. The molecule has 0 heterocycles. The summed E-state index contributed by atoms with van der Waals surface area (Å²) < 4.78 is 62.2. The van der Waals surface area contributed by atoms with Crippen LogP contribution in [0, 0.1) is 0 Å². The number of anilines is 1. The second-order valence-corrected chi connectivity index (χ2v) is 5.25. The predicted molar refractivity (Wildman–Crippen MR) is 64.0 cm³/mol. The van der Waals surface area contributed by atoms with Crippen LogP contribution in [-0.4, -0.2) is 13.9 Å². The van der Waals surface area contributed by atoms with Crippen molar-refractivity contribution in [3.8, 4) is 5.75 Å². The Kier molecular flexibility index (Phi) is 3.05. The molecule has 0 aliphatic carbocycles. The van der Waals surface area contributed by atoms with Gasteiger partial charge in [-0.05, 0) is 29.7 Å². The summed E-state index contributed by atoms with van der Waals surface area (Å²) >= 11 is 0. The molecule has 8 heteroatoms. The number of rotatable bonds is 2. The molecule has 2 aromatic rings. The SMILES string of the molecule is Nc1cccc2cc(OS(=O)(=O)C(F)(F)F)ccc12. The molecule has 0 spiro atoms. The van der Waals surface area contributed by atoms with Crippen molar-refractivity contribution in [1.82, 2.24) is 0 Å². The minimum absolute atomic E-state index is 0.421. The van der Waals surface area contributed by atoms with Gasteiger partial charge in [0, 0.05) is 11.1 Å². The van der Waals surface area contributed by atoms with Gasteiger partial charge in [0.1, 0.15) is 5.75 Å². The Morgan fingerprint density at radius 1 is 1.11 bits per heavy atom. The molecule has 0 amide bonds. The van der Waals surface area contributed by atoms with E-state index in [9.17, 15) is 21.6 Å². The van der Waals surface area contributed by atoms with E-state index in [1.165, 1.54) is 12.1 Å². The molecule has 102 valence electrons. The number of nitrogen functional groups attached to an aromatic ring is 1. The summed E-state index contributed by atoms with van der Waals surface area (Å²) in [5, 5.41) is 1.08. The highest BCUT2D eigenvalue weighted by atomic mass is 32.2. The van der Waals surface area contributed by atoms with Crippen LogP contribution in [0.3, 0.4) is 0 Å². The fourth-order valence-corrected chi connectivity index (χ4v) is 1.96. The van der Waals surface area contributed by atoms with Gasteiger partial charge in [-0.2, -0.15) is 21.6 Å². The zero-order valence-corrected chi connectivity index (χ0v) is 10.1. The highest BCUT2D eigenvalue weighted by Crippen LogP contribution is 2.30. The van der Waals surface area contributed by atoms with Gasteiger partial charge in [-0.15, -0.1) is 0 Å². The molecule has 0 unspecified atom stereocenters. The van der Waals surface area contributed by atoms with Crippen LogP contribution in [0.15, 0.2) is 36.4 Å². The molecule has 0 aromatic heterocycles. The number of fused-ring (bicyclic) bond motifs is 1. The fraction of sp³-hybridized carbons (Fsp3) is 0.0909. The lowest BCUT2D eigenvalue weighted by Gasteiger charge is -2.10. The monoisotopic (exact) mass is 291 g/mol. The summed E-state index contributed by atoms with van der Waals surface area (Å²) in [6.45, 7) is 0. The molecule has 0 saturated carbocycles. The van der Waals surface area contributed by atoms with E-state index in [-0.39, 0.29) is 0 Å². The summed E-state index contributed by atoms with van der Waals surface area (Å²) in [7, 11) is -5.66. The van der Waals surface area contributed by atoms with E-state index in [1.54, 1.807) is 18.2 Å². The molecule has 2 N–H and O–H groups in total. The summed E-state index contributed by atoms with van der Waals surface area (Å²) in [6, 6.07) is 8.48. The smallest absolute Gasteiger partial charge is 0.398 e. The summed E-state index contributed by atoms with van der Waals surface area (Å²) in [5.41, 5.74) is 0.636. The van der Waals surface area contributed by atoms with Crippen molar-refractivity contribution in [3.63, 3.8) is 0 Å². The van der Waals surface area contributed by atoms with Crippen LogP contribution in [0.25, 0.3) is 10.8 Å². The van der Waals surface area contributed by atoms with Gasteiger partial charge in [0.2, 0.25) is 0 Å². The normalized spacial score (nSPS) is 12.6. The summed E-state index contributed by atoms with van der Waals surface area (Å²) in [6.07, 6.45) is 0. The third-order valence-corrected chi connectivity index (χ3v) is 3.35. The van der Waals surface area contributed by atoms with Crippen molar-refractivity contribution in [2.75, 3.05) is 5.73 Å². The van der Waals surface area contributed by atoms with Gasteiger partial charge in [-0.1, -0.05) is 12.1 Å². The van der Waals surface area contributed by atoms with Gasteiger partial charge >= 0.3 is 15.6 Å². The Morgan fingerprint density at radius 2 is 1.79 bits per heavy atom. The molecule has 0 radical (unpaired) electrons. The topological polar surface area (TPSA) is 69.4 Å². The number of hydrogen-bond donors (Lipinski definition) is 1. The Morgan fingerprint density at radius 3 is 2.42 bits per heavy atom. The van der Waals surface area contributed by atoms with Crippen LogP contribution in [0.1, 0.15) is 0 Å². The first-order chi connectivity index (χ1) is 8.71. The lowest BCUT2D eigenvalue weighted by Crippen LogP contribution is -2.28. The predicted octanol–water partition coefficient (Wildman–Crippen LogP) is 2.65. The minimum Gasteiger partial charge on any atom is -0.398 e. The van der Waals surface area contributed by atoms with Crippen molar-refractivity contribution in [1.29, 1.82) is 0 Å². The number of benzene rings is 2. The quantitative estimate of drug-likeness (QED) is 0.524. The third-order valence-electron chi connectivity index (χ3n) is 2.38. The zero-order valence-electron chi connectivity index (χ0n) is 9.31. The van der Waals surface area contributed by atoms with Crippen molar-refractivity contribution >= 4 is 26.6 Å². The van der Waals surface area contributed by atoms with Gasteiger partial charge < -0.3 is 9.92 Å². The molecule has 4 nitrogen and oxygen atoms in total. The van der Waals surface area contributed by atoms with Crippen LogP contribution < -0.4 is 9.92 Å². The maximum Gasteiger partial charge on any atom is 0.534 e. The molecule has 0 atom stereocenters. The number of nitrogens with two attached hydrogens (primary N) is 1. The zero-order chi connectivity index (χ0) is 14.3. The molecule has 0 fully saturated rings. The average molecular weight is 291 g/mol. The number of halogens is 3. The third kappa shape index (κ3) is 2.58. The minimum atomic E-state index is -5.66. The van der Waals surface area contributed by atoms with Crippen LogP contribution in [0.5, 0.6) is 5.75 Å². The first-order valence-corrected chi connectivity index (χ1v) is 6.40. The maximum absolute atomic E-state index is 12.2. The van der Waals surface area contributed by atoms with E-state index in [0.717, 1.165) is 6.07 Å². The first kappa shape index (κ1) is 13.5. The maximum atomic E-state index is 12.2. The molecule has 19 heavy (non-hydrogen) atoms. The molecule has 0 saturated heterocycles. The van der Waals surface area contributed by atoms with E-state index in [1.807, 2.05) is 0 Å². The molecule has 0 aliphatic rings. The van der Waals surface area contributed by atoms with Gasteiger partial charge in [0.05, 0.1) is 0 Å². The Bertz CT molecular complexity index is 726. The molecular weight excluding hydrogens is 283 g/mol. The van der Waals surface area contributed by atoms with E-state index in [2.05, 4.69) is 4.18 Å².